The predicted octanol–water partition coefficient (Wildman–Crippen LogP) is 0.623. The average Bonchev–Trinajstić information content (AvgIpc) is 2.45. The van der Waals surface area contributed by atoms with E-state index in [1.807, 2.05) is 0 Å². The van der Waals surface area contributed by atoms with Crippen LogP contribution in [0.3, 0.4) is 0 Å². The highest BCUT2D eigenvalue weighted by molar-refractivity contribution is 7.89. The van der Waals surface area contributed by atoms with Gasteiger partial charge in [0.2, 0.25) is 10.0 Å². The number of amides is 1. The van der Waals surface area contributed by atoms with E-state index < -0.39 is 34.3 Å². The van der Waals surface area contributed by atoms with E-state index in [4.69, 9.17) is 0 Å². The summed E-state index contributed by atoms with van der Waals surface area (Å²) in [7, 11) is -3.96. The lowest BCUT2D eigenvalue weighted by Crippen LogP contribution is -2.57. The van der Waals surface area contributed by atoms with Gasteiger partial charge in [-0.3, -0.25) is 0 Å². The maximum atomic E-state index is 12.6. The van der Waals surface area contributed by atoms with Gasteiger partial charge in [-0.2, -0.15) is 4.31 Å². The van der Waals surface area contributed by atoms with E-state index in [9.17, 15) is 31.5 Å². The monoisotopic (exact) mass is 367 g/mol. The molecule has 11 heteroatoms. The zero-order valence-electron chi connectivity index (χ0n) is 12.5. The molecule has 1 atom stereocenters. The van der Waals surface area contributed by atoms with Crippen LogP contribution in [0.5, 0.6) is 5.75 Å². The lowest BCUT2D eigenvalue weighted by atomic mass is 10.2. The molecule has 2 rings (SSSR count). The summed E-state index contributed by atoms with van der Waals surface area (Å²) in [4.78, 5) is 11.6. The maximum Gasteiger partial charge on any atom is 0.573 e. The highest BCUT2D eigenvalue weighted by atomic mass is 32.2. The predicted molar refractivity (Wildman–Crippen MR) is 73.4 cm³/mol. The Morgan fingerprint density at radius 2 is 1.83 bits per heavy atom. The number of hydrogen-bond donors (Lipinski definition) is 0. The molecule has 1 fully saturated rings. The van der Waals surface area contributed by atoms with Crippen molar-refractivity contribution in [2.45, 2.75) is 24.2 Å². The number of carboxylic acid groups (broad SMARTS) is 1. The fraction of sp³-hybridized carbons (Fsp3) is 0.462. The average molecular weight is 367 g/mol. The minimum absolute atomic E-state index is 0.0405. The molecule has 1 heterocycles. The van der Waals surface area contributed by atoms with Crippen LogP contribution in [0.15, 0.2) is 29.2 Å². The third-order valence-corrected chi connectivity index (χ3v) is 5.52. The van der Waals surface area contributed by atoms with E-state index >= 15 is 0 Å². The maximum absolute atomic E-state index is 12.6. The van der Waals surface area contributed by atoms with Crippen molar-refractivity contribution < 1.29 is 36.2 Å². The standard InChI is InChI=1S/C13H15F3N2O5S/c1-9-8-17(12(19)20)6-7-18(9)24(21,22)11-4-2-10(3-5-11)23-13(14,15)16/h2-5,9H,6-8H2,1H3,(H,19,20)/p-1/t9-/m0/s1. The van der Waals surface area contributed by atoms with Gasteiger partial charge in [-0.1, -0.05) is 0 Å². The molecule has 0 bridgehead atoms. The zero-order chi connectivity index (χ0) is 18.1. The summed E-state index contributed by atoms with van der Waals surface area (Å²) >= 11 is 0. The van der Waals surface area contributed by atoms with Crippen LogP contribution >= 0.6 is 0 Å². The van der Waals surface area contributed by atoms with Crippen LogP contribution in [0.1, 0.15) is 6.92 Å². The van der Waals surface area contributed by atoms with Gasteiger partial charge in [-0.05, 0) is 31.2 Å². The first-order valence-electron chi connectivity index (χ1n) is 6.84. The molecule has 1 aliphatic rings. The summed E-state index contributed by atoms with van der Waals surface area (Å²) in [5, 5.41) is 10.8. The summed E-state index contributed by atoms with van der Waals surface area (Å²) in [6.07, 6.45) is -6.25. The Bertz CT molecular complexity index is 705. The smallest absolute Gasteiger partial charge is 0.530 e. The number of halogens is 3. The molecule has 0 saturated carbocycles. The zero-order valence-corrected chi connectivity index (χ0v) is 13.3. The first kappa shape index (κ1) is 18.3. The SMILES string of the molecule is C[C@H]1CN(C(=O)[O-])CCN1S(=O)(=O)c1ccc(OC(F)(F)F)cc1. The van der Waals surface area contributed by atoms with Gasteiger partial charge in [-0.15, -0.1) is 13.2 Å². The molecule has 0 unspecified atom stereocenters. The van der Waals surface area contributed by atoms with E-state index in [1.165, 1.54) is 6.92 Å². The molecule has 0 spiro atoms. The fourth-order valence-corrected chi connectivity index (χ4v) is 4.03. The molecular formula is C13H14F3N2O5S-. The Morgan fingerprint density at radius 3 is 2.29 bits per heavy atom. The van der Waals surface area contributed by atoms with Crippen LogP contribution in [0.25, 0.3) is 0 Å². The number of alkyl halides is 3. The van der Waals surface area contributed by atoms with Crippen LogP contribution in [-0.2, 0) is 10.0 Å². The second kappa shape index (κ2) is 6.48. The number of hydrogen-bond acceptors (Lipinski definition) is 5. The summed E-state index contributed by atoms with van der Waals surface area (Å²) < 4.78 is 66.2. The van der Waals surface area contributed by atoms with Crippen molar-refractivity contribution in [2.75, 3.05) is 19.6 Å². The summed E-state index contributed by atoms with van der Waals surface area (Å²) in [6.45, 7) is 1.38. The molecule has 1 saturated heterocycles. The molecule has 1 aliphatic heterocycles. The molecule has 1 aromatic carbocycles. The van der Waals surface area contributed by atoms with Gasteiger partial charge in [0.15, 0.2) is 0 Å². The van der Waals surface area contributed by atoms with Gasteiger partial charge in [0.25, 0.3) is 0 Å². The van der Waals surface area contributed by atoms with Crippen molar-refractivity contribution in [1.29, 1.82) is 0 Å². The van der Waals surface area contributed by atoms with Crippen molar-refractivity contribution in [1.82, 2.24) is 9.21 Å². The van der Waals surface area contributed by atoms with E-state index in [0.29, 0.717) is 0 Å². The van der Waals surface area contributed by atoms with Crippen LogP contribution in [-0.4, -0.2) is 55.8 Å². The first-order valence-corrected chi connectivity index (χ1v) is 8.28. The number of rotatable bonds is 3. The fourth-order valence-electron chi connectivity index (χ4n) is 2.41. The van der Waals surface area contributed by atoms with Gasteiger partial charge in [0.05, 0.1) is 4.90 Å². The summed E-state index contributed by atoms with van der Waals surface area (Å²) in [6, 6.07) is 3.20. The number of sulfonamides is 1. The van der Waals surface area contributed by atoms with Gasteiger partial charge in [0, 0.05) is 25.7 Å². The Labute approximate surface area is 136 Å². The Hall–Kier alpha value is -2.01. The van der Waals surface area contributed by atoms with Crippen molar-refractivity contribution >= 4 is 16.1 Å². The van der Waals surface area contributed by atoms with Crippen LogP contribution in [0.2, 0.25) is 0 Å². The molecule has 1 amide bonds. The van der Waals surface area contributed by atoms with Crippen LogP contribution in [0.4, 0.5) is 18.0 Å². The second-order valence-electron chi connectivity index (χ2n) is 5.20. The van der Waals surface area contributed by atoms with Gasteiger partial charge >= 0.3 is 6.36 Å². The quantitative estimate of drug-likeness (QED) is 0.781. The third kappa shape index (κ3) is 4.09. The normalized spacial score (nSPS) is 20.0. The van der Waals surface area contributed by atoms with Gasteiger partial charge < -0.3 is 19.5 Å². The van der Waals surface area contributed by atoms with Crippen molar-refractivity contribution in [2.24, 2.45) is 0 Å². The number of benzene rings is 1. The number of piperazine rings is 1. The molecule has 0 aliphatic carbocycles. The van der Waals surface area contributed by atoms with Crippen molar-refractivity contribution in [3.63, 3.8) is 0 Å². The number of carbonyl (C=O) groups excluding carboxylic acids is 1. The van der Waals surface area contributed by atoms with Crippen LogP contribution < -0.4 is 9.84 Å². The highest BCUT2D eigenvalue weighted by Gasteiger charge is 2.34. The summed E-state index contributed by atoms with van der Waals surface area (Å²) in [5.74, 6) is -0.531. The lowest BCUT2D eigenvalue weighted by molar-refractivity contribution is -0.274. The number of nitrogens with zero attached hydrogens (tertiary/aromatic N) is 2. The molecule has 0 radical (unpaired) electrons. The van der Waals surface area contributed by atoms with E-state index in [2.05, 4.69) is 4.74 Å². The van der Waals surface area contributed by atoms with Crippen molar-refractivity contribution in [3.8, 4) is 5.75 Å². The Kier molecular flexibility index (Phi) is 4.95. The Balaban J connectivity index is 2.17. The Morgan fingerprint density at radius 1 is 1.25 bits per heavy atom. The number of ether oxygens (including phenoxy) is 1. The van der Waals surface area contributed by atoms with Crippen molar-refractivity contribution in [3.05, 3.63) is 24.3 Å². The van der Waals surface area contributed by atoms with Crippen LogP contribution in [0, 0.1) is 0 Å². The molecule has 0 N–H and O–H groups in total. The van der Waals surface area contributed by atoms with Gasteiger partial charge in [-0.25, -0.2) is 8.42 Å². The summed E-state index contributed by atoms with van der Waals surface area (Å²) in [5.41, 5.74) is 0. The number of carbonyl (C=O) groups is 1. The third-order valence-electron chi connectivity index (χ3n) is 3.49. The largest absolute Gasteiger partial charge is 0.573 e. The molecule has 24 heavy (non-hydrogen) atoms. The topological polar surface area (TPSA) is 90.0 Å². The molecular weight excluding hydrogens is 353 g/mol. The highest BCUT2D eigenvalue weighted by Crippen LogP contribution is 2.26. The minimum atomic E-state index is -4.86. The lowest BCUT2D eigenvalue weighted by Gasteiger charge is -2.40. The molecule has 134 valence electrons. The van der Waals surface area contributed by atoms with E-state index in [1.54, 1.807) is 0 Å². The molecule has 7 nitrogen and oxygen atoms in total. The van der Waals surface area contributed by atoms with E-state index in [0.717, 1.165) is 33.5 Å². The molecule has 1 aromatic rings. The first-order chi connectivity index (χ1) is 11.0. The van der Waals surface area contributed by atoms with E-state index in [-0.39, 0.29) is 24.5 Å². The second-order valence-corrected chi connectivity index (χ2v) is 7.09. The minimum Gasteiger partial charge on any atom is -0.530 e. The van der Waals surface area contributed by atoms with Gasteiger partial charge in [0.1, 0.15) is 11.8 Å². The molecule has 0 aromatic heterocycles.